The van der Waals surface area contributed by atoms with Gasteiger partial charge in [0.05, 0.1) is 5.60 Å². The summed E-state index contributed by atoms with van der Waals surface area (Å²) in [6.07, 6.45) is 6.46. The van der Waals surface area contributed by atoms with Crippen LogP contribution in [0.25, 0.3) is 0 Å². The van der Waals surface area contributed by atoms with Crippen molar-refractivity contribution in [2.24, 2.45) is 0 Å². The van der Waals surface area contributed by atoms with E-state index in [1.165, 1.54) is 29.5 Å². The van der Waals surface area contributed by atoms with E-state index in [2.05, 4.69) is 32.0 Å². The molecule has 0 aromatic heterocycles. The molecule has 0 fully saturated rings. The molecule has 16 heavy (non-hydrogen) atoms. The molecule has 1 unspecified atom stereocenters. The van der Waals surface area contributed by atoms with Gasteiger partial charge in [0.25, 0.3) is 0 Å². The lowest BCUT2D eigenvalue weighted by Gasteiger charge is -2.24. The SMILES string of the molecule is CCCCCC1(O)CCc2ccc(C)cc21. The van der Waals surface area contributed by atoms with E-state index in [1.54, 1.807) is 0 Å². The molecule has 0 radical (unpaired) electrons. The normalized spacial score (nSPS) is 23.4. The van der Waals surface area contributed by atoms with Crippen molar-refractivity contribution < 1.29 is 5.11 Å². The van der Waals surface area contributed by atoms with Crippen LogP contribution in [0.15, 0.2) is 18.2 Å². The monoisotopic (exact) mass is 218 g/mol. The highest BCUT2D eigenvalue weighted by Gasteiger charge is 2.35. The van der Waals surface area contributed by atoms with Crippen molar-refractivity contribution in [1.29, 1.82) is 0 Å². The van der Waals surface area contributed by atoms with E-state index in [9.17, 15) is 5.11 Å². The molecule has 1 aromatic rings. The summed E-state index contributed by atoms with van der Waals surface area (Å²) >= 11 is 0. The summed E-state index contributed by atoms with van der Waals surface area (Å²) in [5.74, 6) is 0. The van der Waals surface area contributed by atoms with Crippen molar-refractivity contribution in [1.82, 2.24) is 0 Å². The van der Waals surface area contributed by atoms with Crippen LogP contribution in [0.2, 0.25) is 0 Å². The predicted molar refractivity (Wildman–Crippen MR) is 67.5 cm³/mol. The Kier molecular flexibility index (Phi) is 3.34. The first kappa shape index (κ1) is 11.7. The second-order valence-electron chi connectivity index (χ2n) is 5.15. The molecule has 1 N–H and O–H groups in total. The van der Waals surface area contributed by atoms with Crippen LogP contribution in [0.4, 0.5) is 0 Å². The molecular formula is C15H22O. The Bertz CT molecular complexity index is 370. The molecule has 1 heteroatoms. The molecule has 1 aliphatic carbocycles. The van der Waals surface area contributed by atoms with Gasteiger partial charge in [-0.1, -0.05) is 49.9 Å². The van der Waals surface area contributed by atoms with Gasteiger partial charge in [-0.05, 0) is 37.3 Å². The number of unbranched alkanes of at least 4 members (excludes halogenated alkanes) is 2. The zero-order valence-corrected chi connectivity index (χ0v) is 10.4. The number of hydrogen-bond acceptors (Lipinski definition) is 1. The van der Waals surface area contributed by atoms with Crippen LogP contribution >= 0.6 is 0 Å². The minimum Gasteiger partial charge on any atom is -0.385 e. The Hall–Kier alpha value is -0.820. The maximum Gasteiger partial charge on any atom is 0.0902 e. The second-order valence-corrected chi connectivity index (χ2v) is 5.15. The largest absolute Gasteiger partial charge is 0.385 e. The predicted octanol–water partition coefficient (Wildman–Crippen LogP) is 3.71. The smallest absolute Gasteiger partial charge is 0.0902 e. The number of hydrogen-bond donors (Lipinski definition) is 1. The first-order chi connectivity index (χ1) is 7.65. The summed E-state index contributed by atoms with van der Waals surface area (Å²) < 4.78 is 0. The second kappa shape index (κ2) is 4.58. The summed E-state index contributed by atoms with van der Waals surface area (Å²) in [6.45, 7) is 4.31. The number of benzene rings is 1. The molecule has 2 rings (SSSR count). The highest BCUT2D eigenvalue weighted by atomic mass is 16.3. The fraction of sp³-hybridized carbons (Fsp3) is 0.600. The third kappa shape index (κ3) is 2.15. The lowest BCUT2D eigenvalue weighted by Crippen LogP contribution is -2.22. The van der Waals surface area contributed by atoms with E-state index in [-0.39, 0.29) is 0 Å². The third-order valence-electron chi connectivity index (χ3n) is 3.77. The lowest BCUT2D eigenvalue weighted by molar-refractivity contribution is 0.0268. The fourth-order valence-corrected chi connectivity index (χ4v) is 2.74. The van der Waals surface area contributed by atoms with Gasteiger partial charge >= 0.3 is 0 Å². The number of aryl methyl sites for hydroxylation is 2. The van der Waals surface area contributed by atoms with Crippen LogP contribution in [0, 0.1) is 6.92 Å². The van der Waals surface area contributed by atoms with Crippen LogP contribution in [0.5, 0.6) is 0 Å². The molecule has 1 atom stereocenters. The van der Waals surface area contributed by atoms with Crippen molar-refractivity contribution in [3.8, 4) is 0 Å². The van der Waals surface area contributed by atoms with Gasteiger partial charge in [-0.3, -0.25) is 0 Å². The third-order valence-corrected chi connectivity index (χ3v) is 3.77. The van der Waals surface area contributed by atoms with Crippen LogP contribution in [-0.2, 0) is 12.0 Å². The van der Waals surface area contributed by atoms with Crippen molar-refractivity contribution >= 4 is 0 Å². The highest BCUT2D eigenvalue weighted by molar-refractivity contribution is 5.39. The van der Waals surface area contributed by atoms with Crippen molar-refractivity contribution in [2.45, 2.75) is 58.0 Å². The molecule has 0 heterocycles. The molecule has 0 amide bonds. The summed E-state index contributed by atoms with van der Waals surface area (Å²) in [7, 11) is 0. The van der Waals surface area contributed by atoms with Crippen LogP contribution < -0.4 is 0 Å². The van der Waals surface area contributed by atoms with Gasteiger partial charge in [-0.25, -0.2) is 0 Å². The molecule has 0 saturated carbocycles. The van der Waals surface area contributed by atoms with E-state index in [1.807, 2.05) is 0 Å². The zero-order chi connectivity index (χ0) is 11.6. The minimum atomic E-state index is -0.531. The molecule has 1 aliphatic rings. The van der Waals surface area contributed by atoms with Gasteiger partial charge in [-0.15, -0.1) is 0 Å². The quantitative estimate of drug-likeness (QED) is 0.764. The van der Waals surface area contributed by atoms with Crippen molar-refractivity contribution in [3.05, 3.63) is 34.9 Å². The first-order valence-electron chi connectivity index (χ1n) is 6.48. The van der Waals surface area contributed by atoms with E-state index in [4.69, 9.17) is 0 Å². The standard InChI is InChI=1S/C15H22O/c1-3-4-5-9-15(16)10-8-13-7-6-12(2)11-14(13)15/h6-7,11,16H,3-5,8-10H2,1-2H3. The number of aliphatic hydroxyl groups is 1. The Balaban J connectivity index is 2.17. The molecule has 0 saturated heterocycles. The molecule has 1 nitrogen and oxygen atoms in total. The summed E-state index contributed by atoms with van der Waals surface area (Å²) in [6, 6.07) is 6.51. The molecule has 0 aliphatic heterocycles. The minimum absolute atomic E-state index is 0.531. The average Bonchev–Trinajstić information content (AvgIpc) is 2.58. The van der Waals surface area contributed by atoms with Crippen LogP contribution in [0.1, 0.15) is 55.7 Å². The Labute approximate surface area is 98.5 Å². The van der Waals surface area contributed by atoms with E-state index >= 15 is 0 Å². The molecule has 0 spiro atoms. The van der Waals surface area contributed by atoms with Gasteiger partial charge < -0.3 is 5.11 Å². The van der Waals surface area contributed by atoms with Gasteiger partial charge in [0.1, 0.15) is 0 Å². The number of fused-ring (bicyclic) bond motifs is 1. The van der Waals surface area contributed by atoms with Crippen LogP contribution in [-0.4, -0.2) is 5.11 Å². The average molecular weight is 218 g/mol. The maximum absolute atomic E-state index is 10.7. The zero-order valence-electron chi connectivity index (χ0n) is 10.4. The number of rotatable bonds is 4. The molecule has 88 valence electrons. The summed E-state index contributed by atoms with van der Waals surface area (Å²) in [4.78, 5) is 0. The summed E-state index contributed by atoms with van der Waals surface area (Å²) in [5, 5.41) is 10.7. The summed E-state index contributed by atoms with van der Waals surface area (Å²) in [5.41, 5.74) is 3.28. The van der Waals surface area contributed by atoms with E-state index in [0.717, 1.165) is 25.7 Å². The maximum atomic E-state index is 10.7. The topological polar surface area (TPSA) is 20.2 Å². The van der Waals surface area contributed by atoms with Gasteiger partial charge in [0.15, 0.2) is 0 Å². The van der Waals surface area contributed by atoms with E-state index in [0.29, 0.717) is 0 Å². The van der Waals surface area contributed by atoms with E-state index < -0.39 is 5.60 Å². The van der Waals surface area contributed by atoms with Crippen molar-refractivity contribution in [2.75, 3.05) is 0 Å². The first-order valence-corrected chi connectivity index (χ1v) is 6.48. The van der Waals surface area contributed by atoms with Gasteiger partial charge in [-0.2, -0.15) is 0 Å². The van der Waals surface area contributed by atoms with Crippen molar-refractivity contribution in [3.63, 3.8) is 0 Å². The van der Waals surface area contributed by atoms with Crippen LogP contribution in [0.3, 0.4) is 0 Å². The Morgan fingerprint density at radius 3 is 2.88 bits per heavy atom. The highest BCUT2D eigenvalue weighted by Crippen LogP contribution is 2.40. The fourth-order valence-electron chi connectivity index (χ4n) is 2.74. The van der Waals surface area contributed by atoms with Gasteiger partial charge in [0.2, 0.25) is 0 Å². The molecular weight excluding hydrogens is 196 g/mol. The Morgan fingerprint density at radius 1 is 1.31 bits per heavy atom. The molecule has 0 bridgehead atoms. The van der Waals surface area contributed by atoms with Gasteiger partial charge in [0, 0.05) is 0 Å². The molecule has 1 aromatic carbocycles. The lowest BCUT2D eigenvalue weighted by atomic mass is 9.89. The Morgan fingerprint density at radius 2 is 2.12 bits per heavy atom.